The molecule has 1 fully saturated rings. The van der Waals surface area contributed by atoms with E-state index in [-0.39, 0.29) is 29.4 Å². The van der Waals surface area contributed by atoms with Gasteiger partial charge in [-0.2, -0.15) is 4.98 Å². The van der Waals surface area contributed by atoms with Gasteiger partial charge in [0, 0.05) is 13.0 Å². The van der Waals surface area contributed by atoms with E-state index in [1.165, 1.54) is 17.0 Å². The molecule has 2 aliphatic carbocycles. The standard InChI is InChI=1S/C23H17FN6O2/c1-3-12-4-5-13(8-17(12)24)14-6-15-16(7-14)19(15)21-27-18(32-28-21)9-30-11-26-22-20(23(30)31)29(2)10-25-22/h1,4-6,8,10-11,15-16,19H,7,9H2,2H3/t15-,16+,19+/m0/s1. The molecular formula is C23H17FN6O2. The number of hydrogen-bond acceptors (Lipinski definition) is 6. The zero-order valence-electron chi connectivity index (χ0n) is 17.1. The van der Waals surface area contributed by atoms with Crippen molar-refractivity contribution in [3.63, 3.8) is 0 Å². The van der Waals surface area contributed by atoms with E-state index >= 15 is 0 Å². The molecule has 4 aromatic rings. The lowest BCUT2D eigenvalue weighted by Crippen LogP contribution is -2.22. The number of hydrogen-bond donors (Lipinski definition) is 0. The molecule has 1 aromatic carbocycles. The Bertz CT molecular complexity index is 1520. The average Bonchev–Trinajstić information content (AvgIpc) is 3.21. The van der Waals surface area contributed by atoms with Crippen LogP contribution in [-0.4, -0.2) is 29.2 Å². The van der Waals surface area contributed by atoms with E-state index in [1.54, 1.807) is 24.0 Å². The van der Waals surface area contributed by atoms with Crippen molar-refractivity contribution in [2.75, 3.05) is 0 Å². The number of nitrogens with zero attached hydrogens (tertiary/aromatic N) is 6. The Morgan fingerprint density at radius 2 is 2.16 bits per heavy atom. The van der Waals surface area contributed by atoms with Crippen LogP contribution in [0.25, 0.3) is 16.7 Å². The first-order valence-corrected chi connectivity index (χ1v) is 10.2. The van der Waals surface area contributed by atoms with E-state index in [0.717, 1.165) is 17.6 Å². The predicted molar refractivity (Wildman–Crippen MR) is 113 cm³/mol. The fraction of sp³-hybridized carbons (Fsp3) is 0.261. The van der Waals surface area contributed by atoms with Gasteiger partial charge in [-0.05, 0) is 41.5 Å². The van der Waals surface area contributed by atoms with Gasteiger partial charge in [0.25, 0.3) is 5.56 Å². The van der Waals surface area contributed by atoms with Crippen molar-refractivity contribution in [1.82, 2.24) is 29.2 Å². The maximum absolute atomic E-state index is 14.0. The Morgan fingerprint density at radius 1 is 1.31 bits per heavy atom. The van der Waals surface area contributed by atoms with Crippen LogP contribution in [0.15, 0.2) is 46.2 Å². The van der Waals surface area contributed by atoms with Gasteiger partial charge in [0.15, 0.2) is 17.0 Å². The normalized spacial score (nSPS) is 21.4. The van der Waals surface area contributed by atoms with Crippen molar-refractivity contribution < 1.29 is 8.91 Å². The first-order chi connectivity index (χ1) is 15.5. The van der Waals surface area contributed by atoms with Crippen molar-refractivity contribution in [2.24, 2.45) is 18.9 Å². The summed E-state index contributed by atoms with van der Waals surface area (Å²) in [6.07, 6.45) is 11.3. The van der Waals surface area contributed by atoms with Gasteiger partial charge in [-0.3, -0.25) is 9.36 Å². The lowest BCUT2D eigenvalue weighted by atomic mass is 9.99. The summed E-state index contributed by atoms with van der Waals surface area (Å²) in [7, 11) is 1.75. The van der Waals surface area contributed by atoms with Crippen LogP contribution >= 0.6 is 0 Å². The first-order valence-electron chi connectivity index (χ1n) is 10.2. The van der Waals surface area contributed by atoms with E-state index in [4.69, 9.17) is 10.9 Å². The van der Waals surface area contributed by atoms with Crippen LogP contribution in [0.3, 0.4) is 0 Å². The van der Waals surface area contributed by atoms with Gasteiger partial charge < -0.3 is 9.09 Å². The van der Waals surface area contributed by atoms with Gasteiger partial charge >= 0.3 is 0 Å². The zero-order chi connectivity index (χ0) is 22.0. The Labute approximate surface area is 181 Å². The lowest BCUT2D eigenvalue weighted by Gasteiger charge is -2.06. The molecule has 9 heteroatoms. The molecule has 3 heterocycles. The van der Waals surface area contributed by atoms with Crippen molar-refractivity contribution in [2.45, 2.75) is 18.9 Å². The summed E-state index contributed by atoms with van der Waals surface area (Å²) in [4.78, 5) is 25.5. The van der Waals surface area contributed by atoms with E-state index in [1.807, 2.05) is 6.07 Å². The minimum atomic E-state index is -0.375. The molecule has 2 aliphatic rings. The van der Waals surface area contributed by atoms with Crippen molar-refractivity contribution in [1.29, 1.82) is 0 Å². The number of terminal acetylenes is 1. The highest BCUT2D eigenvalue weighted by atomic mass is 19.1. The summed E-state index contributed by atoms with van der Waals surface area (Å²) in [5, 5.41) is 4.14. The molecule has 0 spiro atoms. The number of halogens is 1. The Hall–Kier alpha value is -4.06. The molecule has 3 aromatic heterocycles. The highest BCUT2D eigenvalue weighted by Gasteiger charge is 2.55. The number of imidazole rings is 1. The number of aromatic nitrogens is 6. The topological polar surface area (TPSA) is 91.6 Å². The quantitative estimate of drug-likeness (QED) is 0.464. The van der Waals surface area contributed by atoms with Crippen LogP contribution in [0.5, 0.6) is 0 Å². The average molecular weight is 428 g/mol. The summed E-state index contributed by atoms with van der Waals surface area (Å²) in [5.41, 5.74) is 2.86. The molecule has 6 rings (SSSR count). The molecule has 1 saturated carbocycles. The molecule has 0 N–H and O–H groups in total. The third-order valence-corrected chi connectivity index (χ3v) is 6.36. The molecule has 32 heavy (non-hydrogen) atoms. The largest absolute Gasteiger partial charge is 0.337 e. The van der Waals surface area contributed by atoms with E-state index in [2.05, 4.69) is 32.1 Å². The lowest BCUT2D eigenvalue weighted by molar-refractivity contribution is 0.364. The minimum Gasteiger partial charge on any atom is -0.337 e. The van der Waals surface area contributed by atoms with Crippen molar-refractivity contribution >= 4 is 16.7 Å². The smallest absolute Gasteiger partial charge is 0.280 e. The summed E-state index contributed by atoms with van der Waals surface area (Å²) in [6.45, 7) is 0.143. The number of allylic oxidation sites excluding steroid dienone is 2. The number of benzene rings is 1. The Kier molecular flexibility index (Phi) is 3.92. The summed E-state index contributed by atoms with van der Waals surface area (Å²) in [5.74, 6) is 3.82. The van der Waals surface area contributed by atoms with E-state index in [0.29, 0.717) is 34.7 Å². The molecule has 8 nitrogen and oxygen atoms in total. The third-order valence-electron chi connectivity index (χ3n) is 6.36. The van der Waals surface area contributed by atoms with Gasteiger partial charge in [-0.1, -0.05) is 23.2 Å². The molecule has 0 amide bonds. The van der Waals surface area contributed by atoms with E-state index in [9.17, 15) is 9.18 Å². The predicted octanol–water partition coefficient (Wildman–Crippen LogP) is 2.50. The highest BCUT2D eigenvalue weighted by molar-refractivity contribution is 5.71. The fourth-order valence-corrected chi connectivity index (χ4v) is 4.65. The zero-order valence-corrected chi connectivity index (χ0v) is 17.1. The second-order valence-electron chi connectivity index (χ2n) is 8.25. The van der Waals surface area contributed by atoms with Crippen LogP contribution in [0.2, 0.25) is 0 Å². The molecule has 0 bridgehead atoms. The monoisotopic (exact) mass is 428 g/mol. The molecule has 3 atom stereocenters. The van der Waals surface area contributed by atoms with Crippen LogP contribution in [0, 0.1) is 30.0 Å². The highest BCUT2D eigenvalue weighted by Crippen LogP contribution is 2.62. The number of rotatable bonds is 4. The molecule has 0 unspecified atom stereocenters. The third kappa shape index (κ3) is 2.80. The summed E-state index contributed by atoms with van der Waals surface area (Å²) < 4.78 is 22.5. The molecule has 158 valence electrons. The van der Waals surface area contributed by atoms with Gasteiger partial charge in [0.05, 0.1) is 11.9 Å². The maximum Gasteiger partial charge on any atom is 0.280 e. The molecule has 0 saturated heterocycles. The molecule has 0 radical (unpaired) electrons. The van der Waals surface area contributed by atoms with Crippen LogP contribution < -0.4 is 5.56 Å². The van der Waals surface area contributed by atoms with Crippen molar-refractivity contribution in [3.8, 4) is 12.3 Å². The van der Waals surface area contributed by atoms with Crippen LogP contribution in [0.4, 0.5) is 4.39 Å². The minimum absolute atomic E-state index is 0.143. The van der Waals surface area contributed by atoms with Crippen LogP contribution in [0.1, 0.15) is 35.2 Å². The van der Waals surface area contributed by atoms with Gasteiger partial charge in [0.2, 0.25) is 5.89 Å². The second kappa shape index (κ2) is 6.72. The number of fused-ring (bicyclic) bond motifs is 2. The second-order valence-corrected chi connectivity index (χ2v) is 8.25. The molecular weight excluding hydrogens is 411 g/mol. The van der Waals surface area contributed by atoms with E-state index < -0.39 is 0 Å². The summed E-state index contributed by atoms with van der Waals surface area (Å²) in [6, 6.07) is 5.00. The Morgan fingerprint density at radius 3 is 2.91 bits per heavy atom. The SMILES string of the molecule is C#Cc1ccc(C2=C[C@H]3[C@@H](C2)[C@@H]3c2noc(Cn3cnc4ncn(C)c4c3=O)n2)cc1F. The first kappa shape index (κ1) is 18.7. The number of aryl methyl sites for hydroxylation is 1. The maximum atomic E-state index is 14.0. The van der Waals surface area contributed by atoms with Gasteiger partial charge in [0.1, 0.15) is 18.7 Å². The Balaban J connectivity index is 1.19. The van der Waals surface area contributed by atoms with Crippen molar-refractivity contribution in [3.05, 3.63) is 75.9 Å². The van der Waals surface area contributed by atoms with Gasteiger partial charge in [-0.15, -0.1) is 6.42 Å². The van der Waals surface area contributed by atoms with Gasteiger partial charge in [-0.25, -0.2) is 14.4 Å². The van der Waals surface area contributed by atoms with Crippen LogP contribution in [-0.2, 0) is 13.6 Å². The molecule has 0 aliphatic heterocycles. The summed E-state index contributed by atoms with van der Waals surface area (Å²) >= 11 is 0. The fourth-order valence-electron chi connectivity index (χ4n) is 4.65.